The van der Waals surface area contributed by atoms with Crippen molar-refractivity contribution in [1.29, 1.82) is 0 Å². The summed E-state index contributed by atoms with van der Waals surface area (Å²) in [7, 11) is -3.51. The van der Waals surface area contributed by atoms with E-state index in [0.717, 1.165) is 19.3 Å². The Kier molecular flexibility index (Phi) is 4.44. The van der Waals surface area contributed by atoms with Crippen molar-refractivity contribution in [3.05, 3.63) is 24.3 Å². The summed E-state index contributed by atoms with van der Waals surface area (Å²) in [6, 6.07) is 6.43. The van der Waals surface area contributed by atoms with Gasteiger partial charge in [0.1, 0.15) is 0 Å². The summed E-state index contributed by atoms with van der Waals surface area (Å²) in [5.74, 6) is 0. The highest BCUT2D eigenvalue weighted by atomic mass is 32.2. The van der Waals surface area contributed by atoms with Gasteiger partial charge in [0, 0.05) is 24.9 Å². The van der Waals surface area contributed by atoms with Gasteiger partial charge < -0.3 is 10.8 Å². The molecule has 106 valence electrons. The summed E-state index contributed by atoms with van der Waals surface area (Å²) in [6.07, 6.45) is 3.31. The van der Waals surface area contributed by atoms with Crippen LogP contribution >= 0.6 is 0 Å². The first-order valence-electron chi connectivity index (χ1n) is 6.54. The lowest BCUT2D eigenvalue weighted by molar-refractivity contribution is 0.198. The van der Waals surface area contributed by atoms with Crippen LogP contribution in [0.2, 0.25) is 0 Å². The summed E-state index contributed by atoms with van der Waals surface area (Å²) >= 11 is 0. The molecule has 0 heterocycles. The predicted molar refractivity (Wildman–Crippen MR) is 74.1 cm³/mol. The third kappa shape index (κ3) is 3.08. The number of nitrogens with zero attached hydrogens (tertiary/aromatic N) is 1. The Labute approximate surface area is 114 Å². The van der Waals surface area contributed by atoms with Crippen LogP contribution in [0.25, 0.3) is 0 Å². The highest BCUT2D eigenvalue weighted by Crippen LogP contribution is 2.30. The van der Waals surface area contributed by atoms with E-state index in [1.165, 1.54) is 10.4 Å². The van der Waals surface area contributed by atoms with Gasteiger partial charge >= 0.3 is 0 Å². The summed E-state index contributed by atoms with van der Waals surface area (Å²) in [6.45, 7) is 0.355. The highest BCUT2D eigenvalue weighted by molar-refractivity contribution is 7.89. The second-order valence-corrected chi connectivity index (χ2v) is 6.74. The molecule has 1 aromatic carbocycles. The minimum atomic E-state index is -3.51. The number of hydrogen-bond acceptors (Lipinski definition) is 4. The van der Waals surface area contributed by atoms with Gasteiger partial charge in [-0.2, -0.15) is 4.31 Å². The van der Waals surface area contributed by atoms with Gasteiger partial charge in [-0.05, 0) is 37.5 Å². The molecular formula is C13H20N2O3S. The zero-order valence-electron chi connectivity index (χ0n) is 10.8. The maximum atomic E-state index is 12.6. The smallest absolute Gasteiger partial charge is 0.243 e. The summed E-state index contributed by atoms with van der Waals surface area (Å²) in [4.78, 5) is 0.234. The van der Waals surface area contributed by atoms with Gasteiger partial charge in [0.05, 0.1) is 4.90 Å². The van der Waals surface area contributed by atoms with Crippen molar-refractivity contribution in [3.63, 3.8) is 0 Å². The summed E-state index contributed by atoms with van der Waals surface area (Å²) in [5, 5.41) is 8.93. The van der Waals surface area contributed by atoms with E-state index >= 15 is 0 Å². The first-order chi connectivity index (χ1) is 9.05. The number of benzene rings is 1. The van der Waals surface area contributed by atoms with Gasteiger partial charge in [-0.1, -0.05) is 12.5 Å². The van der Waals surface area contributed by atoms with Crippen LogP contribution in [-0.4, -0.2) is 37.0 Å². The molecule has 1 aliphatic carbocycles. The van der Waals surface area contributed by atoms with E-state index in [-0.39, 0.29) is 17.5 Å². The number of rotatable bonds is 6. The van der Waals surface area contributed by atoms with E-state index in [9.17, 15) is 8.42 Å². The molecule has 0 saturated heterocycles. The van der Waals surface area contributed by atoms with Crippen LogP contribution in [0.15, 0.2) is 29.2 Å². The molecule has 0 aliphatic heterocycles. The van der Waals surface area contributed by atoms with Crippen LogP contribution in [0.4, 0.5) is 5.69 Å². The fourth-order valence-corrected chi connectivity index (χ4v) is 3.99. The third-order valence-electron chi connectivity index (χ3n) is 3.48. The molecule has 0 atom stereocenters. The lowest BCUT2D eigenvalue weighted by Crippen LogP contribution is -2.44. The van der Waals surface area contributed by atoms with Crippen molar-refractivity contribution in [2.24, 2.45) is 0 Å². The zero-order valence-corrected chi connectivity index (χ0v) is 11.6. The Morgan fingerprint density at radius 2 is 2.11 bits per heavy atom. The van der Waals surface area contributed by atoms with E-state index in [1.807, 2.05) is 0 Å². The molecule has 2 rings (SSSR count). The maximum absolute atomic E-state index is 12.6. The Morgan fingerprint density at radius 3 is 2.63 bits per heavy atom. The molecule has 1 saturated carbocycles. The van der Waals surface area contributed by atoms with Crippen molar-refractivity contribution >= 4 is 15.7 Å². The second kappa shape index (κ2) is 5.90. The molecule has 0 spiro atoms. The van der Waals surface area contributed by atoms with Crippen LogP contribution in [0.1, 0.15) is 25.7 Å². The Morgan fingerprint density at radius 1 is 1.37 bits per heavy atom. The molecule has 1 fully saturated rings. The van der Waals surface area contributed by atoms with Crippen molar-refractivity contribution < 1.29 is 13.5 Å². The standard InChI is InChI=1S/C13H20N2O3S/c14-11-4-1-7-13(10-11)19(17,18)15(8-3-9-16)12-5-2-6-12/h1,4,7,10,12,16H,2-3,5-6,8-9,14H2. The average molecular weight is 284 g/mol. The Bertz CT molecular complexity index is 526. The van der Waals surface area contributed by atoms with Crippen molar-refractivity contribution in [1.82, 2.24) is 4.31 Å². The van der Waals surface area contributed by atoms with Crippen molar-refractivity contribution in [2.75, 3.05) is 18.9 Å². The SMILES string of the molecule is Nc1cccc(S(=O)(=O)N(CCCO)C2CCC2)c1. The number of aliphatic hydroxyl groups excluding tert-OH is 1. The van der Waals surface area contributed by atoms with E-state index in [1.54, 1.807) is 18.2 Å². The fraction of sp³-hybridized carbons (Fsp3) is 0.538. The molecule has 0 aromatic heterocycles. The molecule has 0 amide bonds. The third-order valence-corrected chi connectivity index (χ3v) is 5.43. The Balaban J connectivity index is 2.27. The van der Waals surface area contributed by atoms with E-state index in [4.69, 9.17) is 10.8 Å². The number of nitrogen functional groups attached to an aromatic ring is 1. The molecule has 1 aromatic rings. The molecule has 6 heteroatoms. The largest absolute Gasteiger partial charge is 0.399 e. The minimum Gasteiger partial charge on any atom is -0.399 e. The van der Waals surface area contributed by atoms with E-state index in [2.05, 4.69) is 0 Å². The highest BCUT2D eigenvalue weighted by Gasteiger charge is 2.34. The van der Waals surface area contributed by atoms with Crippen molar-refractivity contribution in [2.45, 2.75) is 36.6 Å². The Hall–Kier alpha value is -1.11. The first kappa shape index (κ1) is 14.3. The quantitative estimate of drug-likeness (QED) is 0.769. The molecule has 3 N–H and O–H groups in total. The summed E-state index contributed by atoms with van der Waals surface area (Å²) < 4.78 is 26.7. The van der Waals surface area contributed by atoms with Crippen LogP contribution in [0, 0.1) is 0 Å². The van der Waals surface area contributed by atoms with E-state index in [0.29, 0.717) is 18.7 Å². The second-order valence-electron chi connectivity index (χ2n) is 4.85. The normalized spacial score (nSPS) is 16.5. The van der Waals surface area contributed by atoms with Crippen LogP contribution in [0.5, 0.6) is 0 Å². The molecule has 5 nitrogen and oxygen atoms in total. The number of anilines is 1. The maximum Gasteiger partial charge on any atom is 0.243 e. The monoisotopic (exact) mass is 284 g/mol. The zero-order chi connectivity index (χ0) is 13.9. The number of aliphatic hydroxyl groups is 1. The molecule has 19 heavy (non-hydrogen) atoms. The van der Waals surface area contributed by atoms with Gasteiger partial charge in [-0.25, -0.2) is 8.42 Å². The van der Waals surface area contributed by atoms with Gasteiger partial charge in [-0.3, -0.25) is 0 Å². The van der Waals surface area contributed by atoms with Crippen LogP contribution in [0.3, 0.4) is 0 Å². The van der Waals surface area contributed by atoms with E-state index < -0.39 is 10.0 Å². The molecule has 0 bridgehead atoms. The van der Waals surface area contributed by atoms with Crippen LogP contribution < -0.4 is 5.73 Å². The van der Waals surface area contributed by atoms with Gasteiger partial charge in [0.2, 0.25) is 10.0 Å². The number of hydrogen-bond donors (Lipinski definition) is 2. The lowest BCUT2D eigenvalue weighted by atomic mass is 9.93. The van der Waals surface area contributed by atoms with Gasteiger partial charge in [0.25, 0.3) is 0 Å². The number of sulfonamides is 1. The molecular weight excluding hydrogens is 264 g/mol. The average Bonchev–Trinajstić information content (AvgIpc) is 2.31. The van der Waals surface area contributed by atoms with Gasteiger partial charge in [0.15, 0.2) is 0 Å². The molecule has 0 radical (unpaired) electrons. The molecule has 0 unspecified atom stereocenters. The lowest BCUT2D eigenvalue weighted by Gasteiger charge is -2.36. The van der Waals surface area contributed by atoms with Crippen molar-refractivity contribution in [3.8, 4) is 0 Å². The van der Waals surface area contributed by atoms with Crippen LogP contribution in [-0.2, 0) is 10.0 Å². The first-order valence-corrected chi connectivity index (χ1v) is 7.98. The van der Waals surface area contributed by atoms with Gasteiger partial charge in [-0.15, -0.1) is 0 Å². The number of nitrogens with two attached hydrogens (primary N) is 1. The fourth-order valence-electron chi connectivity index (χ4n) is 2.21. The topological polar surface area (TPSA) is 83.6 Å². The minimum absolute atomic E-state index is 0.00430. The predicted octanol–water partition coefficient (Wildman–Crippen LogP) is 1.19. The molecule has 1 aliphatic rings. The summed E-state index contributed by atoms with van der Waals surface area (Å²) in [5.41, 5.74) is 6.10.